The molecule has 2 N–H and O–H groups in total. The van der Waals surface area contributed by atoms with Crippen molar-refractivity contribution in [2.75, 3.05) is 13.6 Å². The van der Waals surface area contributed by atoms with Crippen molar-refractivity contribution in [1.82, 2.24) is 10.6 Å². The maximum atomic E-state index is 4.27. The number of aliphatic imine (C=N–C) groups is 1. The van der Waals surface area contributed by atoms with Gasteiger partial charge in [-0.2, -0.15) is 0 Å². The second-order valence-corrected chi connectivity index (χ2v) is 5.01. The summed E-state index contributed by atoms with van der Waals surface area (Å²) in [6, 6.07) is 10.7. The van der Waals surface area contributed by atoms with Gasteiger partial charge in [-0.05, 0) is 24.8 Å². The first kappa shape index (κ1) is 12.9. The first-order valence-corrected chi connectivity index (χ1v) is 6.81. The van der Waals surface area contributed by atoms with Crippen molar-refractivity contribution in [3.8, 4) is 0 Å². The fourth-order valence-corrected chi connectivity index (χ4v) is 2.03. The summed E-state index contributed by atoms with van der Waals surface area (Å²) in [5, 5.41) is 6.80. The summed E-state index contributed by atoms with van der Waals surface area (Å²) in [7, 11) is 1.82. The van der Waals surface area contributed by atoms with E-state index in [2.05, 4.69) is 46.8 Å². The average molecular weight is 245 g/mol. The Kier molecular flexibility index (Phi) is 4.62. The molecule has 0 amide bonds. The van der Waals surface area contributed by atoms with Crippen molar-refractivity contribution in [2.24, 2.45) is 10.9 Å². The van der Waals surface area contributed by atoms with Gasteiger partial charge in [-0.25, -0.2) is 0 Å². The molecular formula is C15H23N3. The van der Waals surface area contributed by atoms with E-state index >= 15 is 0 Å². The Balaban J connectivity index is 1.78. The number of nitrogens with one attached hydrogen (secondary N) is 2. The number of rotatable bonds is 5. The Hall–Kier alpha value is -1.51. The van der Waals surface area contributed by atoms with Crippen molar-refractivity contribution in [2.45, 2.75) is 32.2 Å². The lowest BCUT2D eigenvalue weighted by Gasteiger charge is -2.18. The van der Waals surface area contributed by atoms with E-state index in [0.29, 0.717) is 0 Å². The second kappa shape index (κ2) is 6.43. The fraction of sp³-hybridized carbons (Fsp3) is 0.533. The molecule has 1 aliphatic carbocycles. The molecule has 1 aliphatic rings. The standard InChI is InChI=1S/C15H23N3/c1-12(14-6-4-3-5-7-14)18-15(16-2)17-11-10-13-8-9-13/h3-7,12-13H,8-11H2,1-2H3,(H2,16,17,18). The van der Waals surface area contributed by atoms with Crippen LogP contribution in [0.1, 0.15) is 37.8 Å². The molecular weight excluding hydrogens is 222 g/mol. The van der Waals surface area contributed by atoms with Gasteiger partial charge in [0.15, 0.2) is 5.96 Å². The third kappa shape index (κ3) is 4.06. The third-order valence-corrected chi connectivity index (χ3v) is 3.42. The number of benzene rings is 1. The summed E-state index contributed by atoms with van der Waals surface area (Å²) >= 11 is 0. The summed E-state index contributed by atoms with van der Waals surface area (Å²) in [5.74, 6) is 1.86. The van der Waals surface area contributed by atoms with E-state index < -0.39 is 0 Å². The zero-order chi connectivity index (χ0) is 12.8. The van der Waals surface area contributed by atoms with Crippen LogP contribution in [0.3, 0.4) is 0 Å². The van der Waals surface area contributed by atoms with Crippen molar-refractivity contribution in [1.29, 1.82) is 0 Å². The van der Waals surface area contributed by atoms with Crippen molar-refractivity contribution in [3.63, 3.8) is 0 Å². The van der Waals surface area contributed by atoms with Crippen LogP contribution in [0.5, 0.6) is 0 Å². The van der Waals surface area contributed by atoms with E-state index in [0.717, 1.165) is 18.4 Å². The lowest BCUT2D eigenvalue weighted by Crippen LogP contribution is -2.39. The van der Waals surface area contributed by atoms with Crippen LogP contribution in [0.4, 0.5) is 0 Å². The largest absolute Gasteiger partial charge is 0.356 e. The molecule has 1 fully saturated rings. The number of hydrogen-bond donors (Lipinski definition) is 2. The van der Waals surface area contributed by atoms with Gasteiger partial charge in [-0.3, -0.25) is 4.99 Å². The number of guanidine groups is 1. The molecule has 0 heterocycles. The summed E-state index contributed by atoms with van der Waals surface area (Å²) in [6.45, 7) is 3.18. The van der Waals surface area contributed by atoms with Gasteiger partial charge in [-0.15, -0.1) is 0 Å². The smallest absolute Gasteiger partial charge is 0.191 e. The Morgan fingerprint density at radius 2 is 2.06 bits per heavy atom. The molecule has 18 heavy (non-hydrogen) atoms. The lowest BCUT2D eigenvalue weighted by atomic mass is 10.1. The van der Waals surface area contributed by atoms with Crippen LogP contribution in [0.15, 0.2) is 35.3 Å². The highest BCUT2D eigenvalue weighted by molar-refractivity contribution is 5.80. The molecule has 1 aromatic rings. The molecule has 1 atom stereocenters. The molecule has 0 spiro atoms. The molecule has 1 aromatic carbocycles. The van der Waals surface area contributed by atoms with Gasteiger partial charge in [-0.1, -0.05) is 43.2 Å². The zero-order valence-electron chi connectivity index (χ0n) is 11.3. The van der Waals surface area contributed by atoms with Crippen LogP contribution < -0.4 is 10.6 Å². The SMILES string of the molecule is CN=C(NCCC1CC1)NC(C)c1ccccc1. The molecule has 98 valence electrons. The van der Waals surface area contributed by atoms with Crippen LogP contribution in [0.25, 0.3) is 0 Å². The highest BCUT2D eigenvalue weighted by atomic mass is 15.2. The molecule has 0 radical (unpaired) electrons. The van der Waals surface area contributed by atoms with E-state index in [-0.39, 0.29) is 6.04 Å². The first-order chi connectivity index (χ1) is 8.79. The quantitative estimate of drug-likeness (QED) is 0.618. The van der Waals surface area contributed by atoms with E-state index in [1.165, 1.54) is 24.8 Å². The van der Waals surface area contributed by atoms with Crippen LogP contribution in [0.2, 0.25) is 0 Å². The number of nitrogens with zero attached hydrogens (tertiary/aromatic N) is 1. The van der Waals surface area contributed by atoms with Gasteiger partial charge in [0.05, 0.1) is 6.04 Å². The van der Waals surface area contributed by atoms with Gasteiger partial charge < -0.3 is 10.6 Å². The molecule has 0 bridgehead atoms. The predicted molar refractivity (Wildman–Crippen MR) is 76.7 cm³/mol. The molecule has 3 heteroatoms. The summed E-state index contributed by atoms with van der Waals surface area (Å²) < 4.78 is 0. The molecule has 3 nitrogen and oxygen atoms in total. The molecule has 0 aromatic heterocycles. The average Bonchev–Trinajstić information content (AvgIpc) is 3.22. The van der Waals surface area contributed by atoms with Gasteiger partial charge in [0.2, 0.25) is 0 Å². The highest BCUT2D eigenvalue weighted by Gasteiger charge is 2.20. The molecule has 0 aliphatic heterocycles. The minimum absolute atomic E-state index is 0.276. The topological polar surface area (TPSA) is 36.4 Å². The summed E-state index contributed by atoms with van der Waals surface area (Å²) in [6.07, 6.45) is 4.09. The van der Waals surface area contributed by atoms with Crippen molar-refractivity contribution in [3.05, 3.63) is 35.9 Å². The van der Waals surface area contributed by atoms with E-state index in [4.69, 9.17) is 0 Å². The first-order valence-electron chi connectivity index (χ1n) is 6.81. The highest BCUT2D eigenvalue weighted by Crippen LogP contribution is 2.31. The normalized spacial score (nSPS) is 17.3. The molecule has 1 unspecified atom stereocenters. The fourth-order valence-electron chi connectivity index (χ4n) is 2.03. The Bertz CT molecular complexity index is 382. The monoisotopic (exact) mass is 245 g/mol. The van der Waals surface area contributed by atoms with Crippen LogP contribution in [-0.4, -0.2) is 19.6 Å². The van der Waals surface area contributed by atoms with Gasteiger partial charge >= 0.3 is 0 Å². The van der Waals surface area contributed by atoms with Gasteiger partial charge in [0, 0.05) is 13.6 Å². The third-order valence-electron chi connectivity index (χ3n) is 3.42. The van der Waals surface area contributed by atoms with Crippen LogP contribution in [-0.2, 0) is 0 Å². The van der Waals surface area contributed by atoms with Crippen LogP contribution in [0, 0.1) is 5.92 Å². The van der Waals surface area contributed by atoms with Gasteiger partial charge in [0.25, 0.3) is 0 Å². The van der Waals surface area contributed by atoms with E-state index in [1.54, 1.807) is 0 Å². The Labute approximate surface area is 110 Å². The van der Waals surface area contributed by atoms with Crippen molar-refractivity contribution >= 4 is 5.96 Å². The second-order valence-electron chi connectivity index (χ2n) is 5.01. The molecule has 0 saturated heterocycles. The van der Waals surface area contributed by atoms with E-state index in [9.17, 15) is 0 Å². The molecule has 2 rings (SSSR count). The summed E-state index contributed by atoms with van der Waals surface area (Å²) in [5.41, 5.74) is 1.28. The zero-order valence-corrected chi connectivity index (χ0v) is 11.3. The Morgan fingerprint density at radius 1 is 1.33 bits per heavy atom. The minimum Gasteiger partial charge on any atom is -0.356 e. The lowest BCUT2D eigenvalue weighted by molar-refractivity contribution is 0.653. The van der Waals surface area contributed by atoms with Gasteiger partial charge in [0.1, 0.15) is 0 Å². The predicted octanol–water partition coefficient (Wildman–Crippen LogP) is 2.71. The maximum absolute atomic E-state index is 4.27. The molecule has 1 saturated carbocycles. The van der Waals surface area contributed by atoms with E-state index in [1.807, 2.05) is 13.1 Å². The van der Waals surface area contributed by atoms with Crippen molar-refractivity contribution < 1.29 is 0 Å². The number of hydrogen-bond acceptors (Lipinski definition) is 1. The minimum atomic E-state index is 0.276. The van der Waals surface area contributed by atoms with Crippen LogP contribution >= 0.6 is 0 Å². The maximum Gasteiger partial charge on any atom is 0.191 e. The summed E-state index contributed by atoms with van der Waals surface area (Å²) in [4.78, 5) is 4.27. The Morgan fingerprint density at radius 3 is 2.67 bits per heavy atom.